The summed E-state index contributed by atoms with van der Waals surface area (Å²) in [5.74, 6) is -0.930. The number of quaternary nitrogens is 1. The number of nitriles is 1. The molecule has 1 aliphatic rings. The first-order valence-corrected chi connectivity index (χ1v) is 9.76. The summed E-state index contributed by atoms with van der Waals surface area (Å²) in [4.78, 5) is 16.5. The van der Waals surface area contributed by atoms with Crippen LogP contribution < -0.4 is 14.0 Å². The highest BCUT2D eigenvalue weighted by Crippen LogP contribution is 2.40. The highest BCUT2D eigenvalue weighted by molar-refractivity contribution is 6.37. The molecule has 1 unspecified atom stereocenters. The normalized spacial score (nSPS) is 17.4. The molecular formula is C21H10Cl3FN3O3+. The number of halogens is 4. The fourth-order valence-electron chi connectivity index (χ4n) is 2.83. The van der Waals surface area contributed by atoms with Crippen LogP contribution in [0.4, 0.5) is 10.1 Å². The standard InChI is InChI=1S/C21H10Cl3FN3O3/c22-12-1-6-18(16(24)7-12)28(11-26)10-19(21(28)29)30-14-2-4-15(5-3-14)31-20-17(25)8-13(23)9-27-20/h1-10H/q+1. The van der Waals surface area contributed by atoms with E-state index in [1.165, 1.54) is 54.9 Å². The van der Waals surface area contributed by atoms with Gasteiger partial charge in [-0.3, -0.25) is 0 Å². The Bertz CT molecular complexity index is 1280. The Morgan fingerprint density at radius 1 is 0.968 bits per heavy atom. The number of ether oxygens (including phenoxy) is 2. The third-order valence-corrected chi connectivity index (χ3v) is 5.07. The average molecular weight is 478 g/mol. The van der Waals surface area contributed by atoms with Crippen LogP contribution in [-0.4, -0.2) is 10.9 Å². The predicted octanol–water partition coefficient (Wildman–Crippen LogP) is 6.22. The van der Waals surface area contributed by atoms with Crippen LogP contribution in [0.15, 0.2) is 66.7 Å². The zero-order valence-electron chi connectivity index (χ0n) is 15.4. The molecule has 1 atom stereocenters. The van der Waals surface area contributed by atoms with E-state index in [2.05, 4.69) is 4.98 Å². The van der Waals surface area contributed by atoms with Crippen molar-refractivity contribution in [1.82, 2.24) is 9.47 Å². The molecule has 2 aromatic carbocycles. The van der Waals surface area contributed by atoms with Gasteiger partial charge in [0.1, 0.15) is 16.5 Å². The zero-order chi connectivity index (χ0) is 22.2. The van der Waals surface area contributed by atoms with Crippen LogP contribution in [0, 0.1) is 17.3 Å². The molecule has 0 saturated heterocycles. The summed E-state index contributed by atoms with van der Waals surface area (Å²) in [6.07, 6.45) is 4.54. The van der Waals surface area contributed by atoms with Gasteiger partial charge in [0.05, 0.1) is 5.02 Å². The number of carbonyl (C=O) groups excluding carboxylic acids is 1. The van der Waals surface area contributed by atoms with Gasteiger partial charge in [-0.05, 0) is 42.5 Å². The fourth-order valence-corrected chi connectivity index (χ4v) is 3.52. The minimum absolute atomic E-state index is 0.0216. The van der Waals surface area contributed by atoms with Crippen LogP contribution in [0.5, 0.6) is 17.4 Å². The molecule has 154 valence electrons. The molecule has 10 heteroatoms. The molecule has 0 aliphatic carbocycles. The fraction of sp³-hybridized carbons (Fsp3) is 0. The number of amides is 1. The van der Waals surface area contributed by atoms with Crippen molar-refractivity contribution in [3.8, 4) is 23.6 Å². The van der Waals surface area contributed by atoms with Crippen molar-refractivity contribution in [2.24, 2.45) is 0 Å². The molecule has 3 aromatic rings. The molecule has 0 fully saturated rings. The summed E-state index contributed by atoms with van der Waals surface area (Å²) >= 11 is 17.7. The summed E-state index contributed by atoms with van der Waals surface area (Å²) in [7, 11) is 0. The van der Waals surface area contributed by atoms with Crippen LogP contribution in [0.2, 0.25) is 15.1 Å². The molecule has 0 spiro atoms. The SMILES string of the molecule is N#C[N+]1(c2ccc(Cl)cc2Cl)C=C(Oc2ccc(Oc3ncc(Cl)cc3F)cc2)C1=O. The number of rotatable bonds is 5. The number of pyridine rings is 1. The second-order valence-electron chi connectivity index (χ2n) is 6.33. The number of hydrogen-bond acceptors (Lipinski definition) is 5. The Labute approximate surface area is 190 Å². The van der Waals surface area contributed by atoms with Gasteiger partial charge in [0.15, 0.2) is 17.7 Å². The average Bonchev–Trinajstić information content (AvgIpc) is 2.74. The van der Waals surface area contributed by atoms with Crippen LogP contribution in [0.25, 0.3) is 0 Å². The van der Waals surface area contributed by atoms with E-state index in [0.717, 1.165) is 6.07 Å². The van der Waals surface area contributed by atoms with Gasteiger partial charge in [-0.1, -0.05) is 39.3 Å². The third-order valence-electron chi connectivity index (χ3n) is 4.33. The van der Waals surface area contributed by atoms with Gasteiger partial charge in [0, 0.05) is 17.3 Å². The van der Waals surface area contributed by atoms with Crippen molar-refractivity contribution in [3.05, 3.63) is 87.6 Å². The number of aromatic nitrogens is 1. The summed E-state index contributed by atoms with van der Waals surface area (Å²) in [6, 6.07) is 11.6. The molecule has 31 heavy (non-hydrogen) atoms. The summed E-state index contributed by atoms with van der Waals surface area (Å²) in [5.41, 5.74) is 0.271. The Kier molecular flexibility index (Phi) is 5.56. The van der Waals surface area contributed by atoms with Gasteiger partial charge in [-0.15, -0.1) is 5.26 Å². The quantitative estimate of drug-likeness (QED) is 0.322. The van der Waals surface area contributed by atoms with Crippen molar-refractivity contribution >= 4 is 46.4 Å². The first-order chi connectivity index (χ1) is 14.8. The van der Waals surface area contributed by atoms with E-state index in [1.807, 2.05) is 6.19 Å². The van der Waals surface area contributed by atoms with Gasteiger partial charge in [-0.25, -0.2) is 14.2 Å². The smallest absolute Gasteiger partial charge is 0.411 e. The first kappa shape index (κ1) is 21.1. The number of nitrogens with zero attached hydrogens (tertiary/aromatic N) is 3. The van der Waals surface area contributed by atoms with E-state index < -0.39 is 16.2 Å². The van der Waals surface area contributed by atoms with Gasteiger partial charge < -0.3 is 9.47 Å². The van der Waals surface area contributed by atoms with E-state index in [9.17, 15) is 14.4 Å². The van der Waals surface area contributed by atoms with E-state index >= 15 is 0 Å². The largest absolute Gasteiger partial charge is 0.443 e. The van der Waals surface area contributed by atoms with Gasteiger partial charge in [0.2, 0.25) is 0 Å². The van der Waals surface area contributed by atoms with Gasteiger partial charge in [-0.2, -0.15) is 0 Å². The third kappa shape index (κ3) is 3.94. The Morgan fingerprint density at radius 3 is 2.23 bits per heavy atom. The van der Waals surface area contributed by atoms with Gasteiger partial charge >= 0.3 is 12.1 Å². The number of benzene rings is 2. The van der Waals surface area contributed by atoms with E-state index in [1.54, 1.807) is 0 Å². The molecule has 1 aliphatic heterocycles. The van der Waals surface area contributed by atoms with Gasteiger partial charge in [0.25, 0.3) is 11.6 Å². The lowest BCUT2D eigenvalue weighted by molar-refractivity contribution is -0.127. The molecule has 0 bridgehead atoms. The van der Waals surface area contributed by atoms with Crippen LogP contribution in [0.1, 0.15) is 0 Å². The second-order valence-corrected chi connectivity index (χ2v) is 7.61. The second kappa shape index (κ2) is 8.17. The monoisotopic (exact) mass is 476 g/mol. The summed E-state index contributed by atoms with van der Waals surface area (Å²) in [6.45, 7) is 0. The van der Waals surface area contributed by atoms with Crippen molar-refractivity contribution in [2.75, 3.05) is 0 Å². The van der Waals surface area contributed by atoms with Crippen molar-refractivity contribution in [1.29, 1.82) is 5.26 Å². The van der Waals surface area contributed by atoms with Crippen LogP contribution >= 0.6 is 34.8 Å². The van der Waals surface area contributed by atoms with Crippen molar-refractivity contribution < 1.29 is 18.7 Å². The summed E-state index contributed by atoms with van der Waals surface area (Å²) < 4.78 is 24.0. The molecule has 0 N–H and O–H groups in total. The zero-order valence-corrected chi connectivity index (χ0v) is 17.6. The molecular weight excluding hydrogens is 468 g/mol. The molecule has 0 saturated carbocycles. The van der Waals surface area contributed by atoms with Crippen molar-refractivity contribution in [2.45, 2.75) is 0 Å². The predicted molar refractivity (Wildman–Crippen MR) is 113 cm³/mol. The maximum absolute atomic E-state index is 13.8. The first-order valence-electron chi connectivity index (χ1n) is 8.63. The lowest BCUT2D eigenvalue weighted by Crippen LogP contribution is -2.55. The maximum Gasteiger partial charge on any atom is 0.411 e. The van der Waals surface area contributed by atoms with Crippen molar-refractivity contribution in [3.63, 3.8) is 0 Å². The van der Waals surface area contributed by atoms with Crippen LogP contribution in [0.3, 0.4) is 0 Å². The minimum Gasteiger partial charge on any atom is -0.443 e. The molecule has 4 rings (SSSR count). The highest BCUT2D eigenvalue weighted by Gasteiger charge is 2.54. The molecule has 1 amide bonds. The van der Waals surface area contributed by atoms with Crippen LogP contribution in [-0.2, 0) is 4.79 Å². The highest BCUT2D eigenvalue weighted by atomic mass is 35.5. The molecule has 0 radical (unpaired) electrons. The lowest BCUT2D eigenvalue weighted by Gasteiger charge is -2.30. The number of carbonyl (C=O) groups is 1. The molecule has 2 heterocycles. The summed E-state index contributed by atoms with van der Waals surface area (Å²) in [5, 5.41) is 10.3. The Hall–Kier alpha value is -3.15. The van der Waals surface area contributed by atoms with E-state index in [-0.39, 0.29) is 27.4 Å². The Balaban J connectivity index is 1.51. The maximum atomic E-state index is 13.8. The van der Waals surface area contributed by atoms with E-state index in [0.29, 0.717) is 16.5 Å². The lowest BCUT2D eigenvalue weighted by atomic mass is 10.1. The minimum atomic E-state index is -0.756. The number of hydrogen-bond donors (Lipinski definition) is 0. The van der Waals surface area contributed by atoms with E-state index in [4.69, 9.17) is 44.3 Å². The topological polar surface area (TPSA) is 72.2 Å². The molecule has 6 nitrogen and oxygen atoms in total. The Morgan fingerprint density at radius 2 is 1.65 bits per heavy atom. The molecule has 1 aromatic heterocycles.